The topological polar surface area (TPSA) is 90.8 Å². The van der Waals surface area contributed by atoms with Crippen LogP contribution in [0, 0.1) is 6.92 Å². The van der Waals surface area contributed by atoms with Crippen LogP contribution in [0.4, 0.5) is 17.2 Å². The fourth-order valence-corrected chi connectivity index (χ4v) is 4.49. The second-order valence-corrected chi connectivity index (χ2v) is 8.87. The third kappa shape index (κ3) is 5.00. The number of anilines is 2. The number of benzene rings is 1. The Hall–Kier alpha value is -3.55. The maximum atomic E-state index is 12.1. The van der Waals surface area contributed by atoms with Gasteiger partial charge in [-0.1, -0.05) is 19.6 Å². The first kappa shape index (κ1) is 23.6. The van der Waals surface area contributed by atoms with E-state index < -0.39 is 0 Å². The molecule has 178 valence electrons. The minimum atomic E-state index is -0.0386. The van der Waals surface area contributed by atoms with Crippen molar-refractivity contribution in [1.82, 2.24) is 14.9 Å². The third-order valence-corrected chi connectivity index (χ3v) is 6.49. The average Bonchev–Trinajstić information content (AvgIpc) is 3.33. The van der Waals surface area contributed by atoms with Gasteiger partial charge in [0.15, 0.2) is 5.82 Å². The zero-order valence-corrected chi connectivity index (χ0v) is 20.2. The molecule has 1 aromatic heterocycles. The molecule has 0 aliphatic carbocycles. The van der Waals surface area contributed by atoms with Crippen molar-refractivity contribution in [2.24, 2.45) is 4.99 Å². The monoisotopic (exact) mass is 460 g/mol. The first-order chi connectivity index (χ1) is 16.4. The van der Waals surface area contributed by atoms with Gasteiger partial charge in [-0.3, -0.25) is 14.6 Å². The number of amides is 2. The number of carbonyl (C=O) groups is 2. The van der Waals surface area contributed by atoms with Gasteiger partial charge in [0.1, 0.15) is 11.5 Å². The summed E-state index contributed by atoms with van der Waals surface area (Å²) in [6, 6.07) is 6.15. The summed E-state index contributed by atoms with van der Waals surface area (Å²) in [6.45, 7) is 8.89. The van der Waals surface area contributed by atoms with Gasteiger partial charge in [-0.15, -0.1) is 0 Å². The van der Waals surface area contributed by atoms with Gasteiger partial charge >= 0.3 is 0 Å². The molecule has 1 atom stereocenters. The Morgan fingerprint density at radius 1 is 1.32 bits per heavy atom. The molecule has 8 nitrogen and oxygen atoms in total. The van der Waals surface area contributed by atoms with Crippen molar-refractivity contribution in [1.29, 1.82) is 0 Å². The summed E-state index contributed by atoms with van der Waals surface area (Å²) in [5, 5.41) is 3.54. The summed E-state index contributed by atoms with van der Waals surface area (Å²) in [5.41, 5.74) is 4.81. The number of nitrogens with zero attached hydrogens (tertiary/aromatic N) is 5. The van der Waals surface area contributed by atoms with Gasteiger partial charge in [0.25, 0.3) is 0 Å². The van der Waals surface area contributed by atoms with Crippen molar-refractivity contribution in [2.45, 2.75) is 52.0 Å². The summed E-state index contributed by atoms with van der Waals surface area (Å²) in [5.74, 6) is 1.51. The Bertz CT molecular complexity index is 1140. The van der Waals surface area contributed by atoms with Gasteiger partial charge in [0.2, 0.25) is 11.8 Å². The van der Waals surface area contributed by atoms with E-state index in [9.17, 15) is 9.59 Å². The predicted molar refractivity (Wildman–Crippen MR) is 135 cm³/mol. The Labute approximate surface area is 200 Å². The summed E-state index contributed by atoms with van der Waals surface area (Å²) >= 11 is 0. The Balaban J connectivity index is 1.54. The normalized spacial score (nSPS) is 16.8. The molecule has 1 unspecified atom stereocenters. The van der Waals surface area contributed by atoms with Crippen molar-refractivity contribution >= 4 is 35.2 Å². The molecule has 4 rings (SSSR count). The Morgan fingerprint density at radius 3 is 2.88 bits per heavy atom. The fourth-order valence-electron chi connectivity index (χ4n) is 4.49. The van der Waals surface area contributed by atoms with E-state index in [4.69, 9.17) is 9.97 Å². The highest BCUT2D eigenvalue weighted by atomic mass is 16.2. The number of hydrogen-bond donors (Lipinski definition) is 1. The van der Waals surface area contributed by atoms with E-state index in [2.05, 4.69) is 16.9 Å². The van der Waals surface area contributed by atoms with E-state index >= 15 is 0 Å². The number of nitrogens with one attached hydrogen (secondary N) is 1. The summed E-state index contributed by atoms with van der Waals surface area (Å²) in [4.78, 5) is 41.8. The lowest BCUT2D eigenvalue weighted by atomic mass is 10.0. The molecule has 1 saturated heterocycles. The summed E-state index contributed by atoms with van der Waals surface area (Å²) in [6.07, 6.45) is 6.88. The van der Waals surface area contributed by atoms with E-state index in [1.165, 1.54) is 6.08 Å². The molecular weight excluding hydrogens is 428 g/mol. The van der Waals surface area contributed by atoms with Crippen LogP contribution in [-0.4, -0.2) is 59.1 Å². The molecule has 2 aliphatic rings. The molecule has 8 heteroatoms. The van der Waals surface area contributed by atoms with Crippen molar-refractivity contribution in [3.8, 4) is 0 Å². The van der Waals surface area contributed by atoms with E-state index in [-0.39, 0.29) is 17.9 Å². The lowest BCUT2D eigenvalue weighted by Crippen LogP contribution is -2.44. The number of likely N-dealkylation sites (tertiary alicyclic amines) is 1. The first-order valence-corrected chi connectivity index (χ1v) is 11.9. The van der Waals surface area contributed by atoms with Crippen LogP contribution < -0.4 is 10.2 Å². The Kier molecular flexibility index (Phi) is 7.05. The number of rotatable bonds is 7. The number of carbonyl (C=O) groups excluding carboxylic acids is 2. The highest BCUT2D eigenvalue weighted by molar-refractivity contribution is 5.92. The summed E-state index contributed by atoms with van der Waals surface area (Å²) < 4.78 is 0. The van der Waals surface area contributed by atoms with Crippen LogP contribution >= 0.6 is 0 Å². The van der Waals surface area contributed by atoms with Gasteiger partial charge < -0.3 is 15.1 Å². The molecule has 0 bridgehead atoms. The number of aromatic nitrogens is 2. The second-order valence-electron chi connectivity index (χ2n) is 8.87. The molecule has 0 saturated carbocycles. The minimum absolute atomic E-state index is 0.0386. The van der Waals surface area contributed by atoms with Crippen LogP contribution in [0.3, 0.4) is 0 Å². The van der Waals surface area contributed by atoms with Gasteiger partial charge in [0, 0.05) is 57.3 Å². The van der Waals surface area contributed by atoms with E-state index in [0.29, 0.717) is 25.8 Å². The molecule has 2 amide bonds. The van der Waals surface area contributed by atoms with Crippen LogP contribution in [-0.2, 0) is 22.4 Å². The molecule has 1 aromatic carbocycles. The van der Waals surface area contributed by atoms with Crippen LogP contribution in [0.5, 0.6) is 0 Å². The van der Waals surface area contributed by atoms with E-state index in [1.807, 2.05) is 43.2 Å². The van der Waals surface area contributed by atoms with Crippen molar-refractivity contribution in [3.05, 3.63) is 53.5 Å². The zero-order valence-electron chi connectivity index (χ0n) is 20.2. The number of fused-ring (bicyclic) bond motifs is 1. The largest absolute Gasteiger partial charge is 0.364 e. The van der Waals surface area contributed by atoms with Crippen LogP contribution in [0.25, 0.3) is 0 Å². The SMILES string of the molecule is C=CC(=O)N1CCCC(Nc2nc(Cc3ccc(N(C)C(=O)CC)cc3C)nc3c2N=CC3)C1. The highest BCUT2D eigenvalue weighted by Crippen LogP contribution is 2.32. The molecule has 2 aromatic rings. The van der Waals surface area contributed by atoms with Crippen LogP contribution in [0.15, 0.2) is 35.8 Å². The lowest BCUT2D eigenvalue weighted by molar-refractivity contribution is -0.127. The molecule has 0 radical (unpaired) electrons. The number of aryl methyl sites for hydroxylation is 1. The zero-order chi connectivity index (χ0) is 24.2. The maximum Gasteiger partial charge on any atom is 0.246 e. The highest BCUT2D eigenvalue weighted by Gasteiger charge is 2.25. The average molecular weight is 461 g/mol. The molecule has 3 heterocycles. The third-order valence-electron chi connectivity index (χ3n) is 6.49. The molecule has 34 heavy (non-hydrogen) atoms. The minimum Gasteiger partial charge on any atom is -0.364 e. The maximum absolute atomic E-state index is 12.1. The number of aliphatic imine (C=N–C) groups is 1. The fraction of sp³-hybridized carbons (Fsp3) is 0.423. The van der Waals surface area contributed by atoms with Gasteiger partial charge in [-0.2, -0.15) is 0 Å². The Morgan fingerprint density at radius 2 is 2.15 bits per heavy atom. The van der Waals surface area contributed by atoms with Crippen molar-refractivity contribution in [3.63, 3.8) is 0 Å². The molecule has 1 fully saturated rings. The van der Waals surface area contributed by atoms with Crippen molar-refractivity contribution in [2.75, 3.05) is 30.4 Å². The molecule has 1 N–H and O–H groups in total. The van der Waals surface area contributed by atoms with E-state index in [0.717, 1.165) is 59.2 Å². The second kappa shape index (κ2) is 10.2. The quantitative estimate of drug-likeness (QED) is 0.638. The van der Waals surface area contributed by atoms with E-state index in [1.54, 1.807) is 11.9 Å². The molecular formula is C26H32N6O2. The predicted octanol–water partition coefficient (Wildman–Crippen LogP) is 3.60. The molecule has 0 spiro atoms. The van der Waals surface area contributed by atoms with Gasteiger partial charge in [-0.25, -0.2) is 9.97 Å². The first-order valence-electron chi connectivity index (χ1n) is 11.9. The number of piperidine rings is 1. The standard InChI is InChI=1S/C26H32N6O2/c1-5-23(33)31(4)20-10-9-18(17(3)14-20)15-22-29-21-11-12-27-25(21)26(30-22)28-19-8-7-13-32(16-19)24(34)6-2/h6,9-10,12,14,19H,2,5,7-8,11,13,15-16H2,1,3-4H3,(H,28,29,30). The van der Waals surface area contributed by atoms with Crippen molar-refractivity contribution < 1.29 is 9.59 Å². The smallest absolute Gasteiger partial charge is 0.246 e. The number of hydrogen-bond acceptors (Lipinski definition) is 6. The molecule has 2 aliphatic heterocycles. The van der Waals surface area contributed by atoms with Crippen LogP contribution in [0.2, 0.25) is 0 Å². The van der Waals surface area contributed by atoms with Crippen LogP contribution in [0.1, 0.15) is 48.8 Å². The van der Waals surface area contributed by atoms with Gasteiger partial charge in [-0.05, 0) is 49.1 Å². The summed E-state index contributed by atoms with van der Waals surface area (Å²) in [7, 11) is 1.80. The lowest BCUT2D eigenvalue weighted by Gasteiger charge is -2.33. The van der Waals surface area contributed by atoms with Gasteiger partial charge in [0.05, 0.1) is 5.69 Å².